The van der Waals surface area contributed by atoms with Crippen molar-refractivity contribution in [3.63, 3.8) is 0 Å². The first-order chi connectivity index (χ1) is 14.5. The van der Waals surface area contributed by atoms with Crippen LogP contribution >= 0.6 is 0 Å². The largest absolute Gasteiger partial charge is 0.493 e. The van der Waals surface area contributed by atoms with Crippen LogP contribution in [0.25, 0.3) is 0 Å². The molecule has 3 aromatic rings. The minimum atomic E-state index is -0.541. The maximum Gasteiger partial charge on any atom is 0.224 e. The molecule has 0 bridgehead atoms. The molecule has 8 nitrogen and oxygen atoms in total. The number of anilines is 2. The molecule has 3 rings (SSSR count). The summed E-state index contributed by atoms with van der Waals surface area (Å²) in [6.07, 6.45) is 0.886. The summed E-state index contributed by atoms with van der Waals surface area (Å²) in [7, 11) is 5.40. The van der Waals surface area contributed by atoms with Gasteiger partial charge in [-0.1, -0.05) is 12.1 Å². The summed E-state index contributed by atoms with van der Waals surface area (Å²) >= 11 is 0. The molecular formula is C22H26N4O4. The van der Waals surface area contributed by atoms with E-state index in [4.69, 9.17) is 14.2 Å². The summed E-state index contributed by atoms with van der Waals surface area (Å²) in [4.78, 5) is 10.3. The van der Waals surface area contributed by atoms with Crippen molar-refractivity contribution in [3.8, 4) is 23.1 Å². The first-order valence-corrected chi connectivity index (χ1v) is 9.49. The maximum absolute atomic E-state index is 9.88. The first-order valence-electron chi connectivity index (χ1n) is 9.49. The van der Waals surface area contributed by atoms with E-state index in [0.29, 0.717) is 35.5 Å². The molecule has 1 atom stereocenters. The first kappa shape index (κ1) is 21.4. The summed E-state index contributed by atoms with van der Waals surface area (Å²) in [5, 5.41) is 13.1. The fourth-order valence-corrected chi connectivity index (χ4v) is 2.73. The van der Waals surface area contributed by atoms with Gasteiger partial charge in [-0.15, -0.1) is 0 Å². The summed E-state index contributed by atoms with van der Waals surface area (Å²) in [5.74, 6) is 2.86. The Morgan fingerprint density at radius 1 is 1.03 bits per heavy atom. The van der Waals surface area contributed by atoms with Gasteiger partial charge in [0, 0.05) is 18.3 Å². The highest BCUT2D eigenvalue weighted by atomic mass is 16.5. The van der Waals surface area contributed by atoms with Crippen molar-refractivity contribution >= 4 is 11.5 Å². The van der Waals surface area contributed by atoms with E-state index in [0.717, 1.165) is 5.69 Å². The van der Waals surface area contributed by atoms with E-state index in [1.54, 1.807) is 13.2 Å². The van der Waals surface area contributed by atoms with Gasteiger partial charge in [0.05, 0.1) is 7.11 Å². The molecule has 0 aliphatic heterocycles. The predicted molar refractivity (Wildman–Crippen MR) is 115 cm³/mol. The molecule has 0 saturated heterocycles. The fraction of sp³-hybridized carbons (Fsp3) is 0.273. The average molecular weight is 410 g/mol. The van der Waals surface area contributed by atoms with Gasteiger partial charge in [-0.2, -0.15) is 0 Å². The summed E-state index contributed by atoms with van der Waals surface area (Å²) < 4.78 is 16.7. The normalized spacial score (nSPS) is 11.8. The summed E-state index contributed by atoms with van der Waals surface area (Å²) in [5.41, 5.74) is 0.832. The number of aliphatic hydroxyl groups is 1. The lowest BCUT2D eigenvalue weighted by atomic mass is 10.3. The van der Waals surface area contributed by atoms with E-state index in [1.165, 1.54) is 6.33 Å². The SMILES string of the molecule is COc1ccccc1Oc1cc(Nc2ccc(OCC(O)CN(C)C)cc2)ncn1. The number of aliphatic hydroxyl groups excluding tert-OH is 1. The highest BCUT2D eigenvalue weighted by molar-refractivity contribution is 5.57. The number of hydrogen-bond donors (Lipinski definition) is 2. The Morgan fingerprint density at radius 2 is 1.77 bits per heavy atom. The molecule has 1 unspecified atom stereocenters. The molecule has 8 heteroatoms. The van der Waals surface area contributed by atoms with Crippen molar-refractivity contribution in [2.45, 2.75) is 6.10 Å². The Labute approximate surface area is 176 Å². The molecule has 1 heterocycles. The second kappa shape index (κ2) is 10.4. The molecule has 2 N–H and O–H groups in total. The predicted octanol–water partition coefficient (Wildman–Crippen LogP) is 3.32. The van der Waals surface area contributed by atoms with Crippen LogP contribution in [0, 0.1) is 0 Å². The molecule has 0 aliphatic carbocycles. The number of methoxy groups -OCH3 is 1. The van der Waals surface area contributed by atoms with E-state index >= 15 is 0 Å². The van der Waals surface area contributed by atoms with Crippen molar-refractivity contribution < 1.29 is 19.3 Å². The molecule has 0 spiro atoms. The zero-order valence-corrected chi connectivity index (χ0v) is 17.3. The molecule has 0 fully saturated rings. The Hall–Kier alpha value is -3.36. The molecule has 1 aromatic heterocycles. The molecule has 0 aliphatic rings. The van der Waals surface area contributed by atoms with Gasteiger partial charge in [0.2, 0.25) is 5.88 Å². The topological polar surface area (TPSA) is 89.0 Å². The Bertz CT molecular complexity index is 934. The molecule has 0 saturated carbocycles. The quantitative estimate of drug-likeness (QED) is 0.526. The Balaban J connectivity index is 1.59. The van der Waals surface area contributed by atoms with Crippen molar-refractivity contribution in [1.29, 1.82) is 0 Å². The number of likely N-dealkylation sites (N-methyl/N-ethyl adjacent to an activating group) is 1. The van der Waals surface area contributed by atoms with Crippen molar-refractivity contribution in [2.75, 3.05) is 39.7 Å². The summed E-state index contributed by atoms with van der Waals surface area (Å²) in [6.45, 7) is 0.785. The number of aromatic nitrogens is 2. The van der Waals surface area contributed by atoms with E-state index in [-0.39, 0.29) is 6.61 Å². The van der Waals surface area contributed by atoms with Gasteiger partial charge < -0.3 is 29.5 Å². The zero-order chi connectivity index (χ0) is 21.3. The van der Waals surface area contributed by atoms with Crippen LogP contribution in [0.15, 0.2) is 60.9 Å². The van der Waals surface area contributed by atoms with Crippen LogP contribution in [0.5, 0.6) is 23.1 Å². The van der Waals surface area contributed by atoms with Crippen LogP contribution in [-0.2, 0) is 0 Å². The van der Waals surface area contributed by atoms with Gasteiger partial charge in [0.25, 0.3) is 0 Å². The summed E-state index contributed by atoms with van der Waals surface area (Å²) in [6, 6.07) is 16.5. The molecule has 0 radical (unpaired) electrons. The molecule has 158 valence electrons. The average Bonchev–Trinajstić information content (AvgIpc) is 2.73. The van der Waals surface area contributed by atoms with Crippen LogP contribution in [0.2, 0.25) is 0 Å². The van der Waals surface area contributed by atoms with Crippen LogP contribution in [0.4, 0.5) is 11.5 Å². The van der Waals surface area contributed by atoms with Gasteiger partial charge in [0.15, 0.2) is 11.5 Å². The van der Waals surface area contributed by atoms with Gasteiger partial charge in [0.1, 0.15) is 30.6 Å². The van der Waals surface area contributed by atoms with Gasteiger partial charge in [-0.05, 0) is 50.5 Å². The second-order valence-electron chi connectivity index (χ2n) is 6.87. The van der Waals surface area contributed by atoms with E-state index in [2.05, 4.69) is 15.3 Å². The third-order valence-electron chi connectivity index (χ3n) is 4.07. The minimum absolute atomic E-state index is 0.237. The number of benzene rings is 2. The fourth-order valence-electron chi connectivity index (χ4n) is 2.73. The number of ether oxygens (including phenoxy) is 3. The molecule has 30 heavy (non-hydrogen) atoms. The lowest BCUT2D eigenvalue weighted by Crippen LogP contribution is -2.30. The Morgan fingerprint density at radius 3 is 2.47 bits per heavy atom. The van der Waals surface area contributed by atoms with Gasteiger partial charge in [-0.3, -0.25) is 0 Å². The zero-order valence-electron chi connectivity index (χ0n) is 17.3. The number of rotatable bonds is 10. The third kappa shape index (κ3) is 6.33. The van der Waals surface area contributed by atoms with Crippen molar-refractivity contribution in [2.24, 2.45) is 0 Å². The van der Waals surface area contributed by atoms with E-state index in [1.807, 2.05) is 67.5 Å². The van der Waals surface area contributed by atoms with Gasteiger partial charge >= 0.3 is 0 Å². The molecular weight excluding hydrogens is 384 g/mol. The van der Waals surface area contributed by atoms with Crippen LogP contribution < -0.4 is 19.5 Å². The number of hydrogen-bond acceptors (Lipinski definition) is 8. The highest BCUT2D eigenvalue weighted by Gasteiger charge is 2.08. The molecule has 0 amide bonds. The maximum atomic E-state index is 9.88. The minimum Gasteiger partial charge on any atom is -0.493 e. The van der Waals surface area contributed by atoms with E-state index < -0.39 is 6.10 Å². The van der Waals surface area contributed by atoms with Crippen LogP contribution in [0.3, 0.4) is 0 Å². The standard InChI is InChI=1S/C22H26N4O4/c1-26(2)13-17(27)14-29-18-10-8-16(9-11-18)25-21-12-22(24-15-23-21)30-20-7-5-4-6-19(20)28-3/h4-12,15,17,27H,13-14H2,1-3H3,(H,23,24,25). The van der Waals surface area contributed by atoms with E-state index in [9.17, 15) is 5.11 Å². The van der Waals surface area contributed by atoms with Gasteiger partial charge in [-0.25, -0.2) is 9.97 Å². The highest BCUT2D eigenvalue weighted by Crippen LogP contribution is 2.30. The van der Waals surface area contributed by atoms with Crippen molar-refractivity contribution in [1.82, 2.24) is 14.9 Å². The number of para-hydroxylation sites is 2. The smallest absolute Gasteiger partial charge is 0.224 e. The number of nitrogens with one attached hydrogen (secondary N) is 1. The molecule has 2 aromatic carbocycles. The lowest BCUT2D eigenvalue weighted by Gasteiger charge is -2.16. The lowest BCUT2D eigenvalue weighted by molar-refractivity contribution is 0.0831. The Kier molecular flexibility index (Phi) is 7.42. The second-order valence-corrected chi connectivity index (χ2v) is 6.87. The van der Waals surface area contributed by atoms with Crippen LogP contribution in [-0.4, -0.2) is 60.4 Å². The monoisotopic (exact) mass is 410 g/mol. The van der Waals surface area contributed by atoms with Crippen LogP contribution in [0.1, 0.15) is 0 Å². The third-order valence-corrected chi connectivity index (χ3v) is 4.07. The number of nitrogens with zero attached hydrogens (tertiary/aromatic N) is 3. The van der Waals surface area contributed by atoms with Crippen molar-refractivity contribution in [3.05, 3.63) is 60.9 Å².